The lowest BCUT2D eigenvalue weighted by atomic mass is 10.2. The fourth-order valence-corrected chi connectivity index (χ4v) is 1.54. The molecule has 1 aromatic rings. The minimum atomic E-state index is -0.464. The summed E-state index contributed by atoms with van der Waals surface area (Å²) in [5, 5.41) is 3.24. The van der Waals surface area contributed by atoms with Gasteiger partial charge in [-0.1, -0.05) is 0 Å². The van der Waals surface area contributed by atoms with Gasteiger partial charge in [-0.25, -0.2) is 0 Å². The van der Waals surface area contributed by atoms with Crippen LogP contribution in [0.4, 0.5) is 5.69 Å². The predicted molar refractivity (Wildman–Crippen MR) is 55.6 cm³/mol. The molecule has 1 aliphatic rings. The largest absolute Gasteiger partial charge is 0.379 e. The van der Waals surface area contributed by atoms with E-state index < -0.39 is 5.91 Å². The van der Waals surface area contributed by atoms with Gasteiger partial charge in [-0.2, -0.15) is 0 Å². The third-order valence-electron chi connectivity index (χ3n) is 2.32. The molecular formula is C10H13N3O2. The highest BCUT2D eigenvalue weighted by molar-refractivity contribution is 5.93. The van der Waals surface area contributed by atoms with E-state index in [4.69, 9.17) is 10.5 Å². The van der Waals surface area contributed by atoms with E-state index in [-0.39, 0.29) is 0 Å². The number of aromatic nitrogens is 1. The molecule has 5 heteroatoms. The summed E-state index contributed by atoms with van der Waals surface area (Å²) in [7, 11) is 0. The number of carbonyl (C=O) groups is 1. The first kappa shape index (κ1) is 9.92. The molecule has 1 aromatic heterocycles. The van der Waals surface area contributed by atoms with Crippen molar-refractivity contribution in [3.05, 3.63) is 24.0 Å². The third kappa shape index (κ3) is 2.44. The maximum atomic E-state index is 10.9. The minimum Gasteiger partial charge on any atom is -0.379 e. The van der Waals surface area contributed by atoms with Crippen LogP contribution in [-0.2, 0) is 4.74 Å². The number of pyridine rings is 1. The molecule has 2 rings (SSSR count). The topological polar surface area (TPSA) is 77.2 Å². The highest BCUT2D eigenvalue weighted by Gasteiger charge is 2.15. The van der Waals surface area contributed by atoms with Crippen molar-refractivity contribution in [3.63, 3.8) is 0 Å². The fourth-order valence-electron chi connectivity index (χ4n) is 1.54. The highest BCUT2D eigenvalue weighted by atomic mass is 16.5. The molecule has 1 atom stereocenters. The Morgan fingerprint density at radius 3 is 3.13 bits per heavy atom. The molecule has 1 amide bonds. The van der Waals surface area contributed by atoms with Crippen molar-refractivity contribution < 1.29 is 9.53 Å². The van der Waals surface area contributed by atoms with E-state index in [0.29, 0.717) is 18.2 Å². The van der Waals surface area contributed by atoms with Crippen LogP contribution in [0.5, 0.6) is 0 Å². The Kier molecular flexibility index (Phi) is 2.82. The van der Waals surface area contributed by atoms with Crippen LogP contribution in [0.15, 0.2) is 18.5 Å². The van der Waals surface area contributed by atoms with E-state index >= 15 is 0 Å². The summed E-state index contributed by atoms with van der Waals surface area (Å²) in [6, 6.07) is 2.00. The third-order valence-corrected chi connectivity index (χ3v) is 2.32. The standard InChI is InChI=1S/C10H13N3O2/c11-10(14)7-3-9(5-12-4-7)13-8-1-2-15-6-8/h3-5,8,13H,1-2,6H2,(H2,11,14). The zero-order valence-electron chi connectivity index (χ0n) is 8.27. The lowest BCUT2D eigenvalue weighted by molar-refractivity contribution is 0.1000. The molecule has 5 nitrogen and oxygen atoms in total. The summed E-state index contributed by atoms with van der Waals surface area (Å²) in [6.45, 7) is 1.47. The SMILES string of the molecule is NC(=O)c1cncc(NC2CCOC2)c1. The molecule has 0 bridgehead atoms. The van der Waals surface area contributed by atoms with E-state index in [1.807, 2.05) is 0 Å². The molecule has 1 unspecified atom stereocenters. The molecule has 1 fully saturated rings. The maximum absolute atomic E-state index is 10.9. The summed E-state index contributed by atoms with van der Waals surface area (Å²) in [6.07, 6.45) is 4.10. The van der Waals surface area contributed by atoms with Gasteiger partial charge in [-0.05, 0) is 12.5 Å². The monoisotopic (exact) mass is 207 g/mol. The highest BCUT2D eigenvalue weighted by Crippen LogP contribution is 2.13. The van der Waals surface area contributed by atoms with Gasteiger partial charge >= 0.3 is 0 Å². The molecular weight excluding hydrogens is 194 g/mol. The second-order valence-corrected chi connectivity index (χ2v) is 3.53. The van der Waals surface area contributed by atoms with Crippen LogP contribution in [0.3, 0.4) is 0 Å². The number of nitrogens with zero attached hydrogens (tertiary/aromatic N) is 1. The van der Waals surface area contributed by atoms with Gasteiger partial charge in [0, 0.05) is 19.0 Å². The molecule has 0 aromatic carbocycles. The van der Waals surface area contributed by atoms with Crippen molar-refractivity contribution in [2.75, 3.05) is 18.5 Å². The quantitative estimate of drug-likeness (QED) is 0.751. The molecule has 0 saturated carbocycles. The van der Waals surface area contributed by atoms with E-state index in [9.17, 15) is 4.79 Å². The second kappa shape index (κ2) is 4.27. The van der Waals surface area contributed by atoms with Crippen LogP contribution < -0.4 is 11.1 Å². The van der Waals surface area contributed by atoms with Crippen LogP contribution >= 0.6 is 0 Å². The molecule has 0 aliphatic carbocycles. The van der Waals surface area contributed by atoms with Crippen LogP contribution in [0, 0.1) is 0 Å². The van der Waals surface area contributed by atoms with E-state index in [2.05, 4.69) is 10.3 Å². The minimum absolute atomic E-state index is 0.301. The Balaban J connectivity index is 2.07. The van der Waals surface area contributed by atoms with Gasteiger partial charge < -0.3 is 15.8 Å². The van der Waals surface area contributed by atoms with Crippen molar-refractivity contribution in [1.82, 2.24) is 4.98 Å². The first-order chi connectivity index (χ1) is 7.25. The lowest BCUT2D eigenvalue weighted by Gasteiger charge is -2.11. The Morgan fingerprint density at radius 1 is 1.60 bits per heavy atom. The molecule has 0 spiro atoms. The van der Waals surface area contributed by atoms with Crippen molar-refractivity contribution >= 4 is 11.6 Å². The van der Waals surface area contributed by atoms with Gasteiger partial charge in [-0.3, -0.25) is 9.78 Å². The number of nitrogens with one attached hydrogen (secondary N) is 1. The van der Waals surface area contributed by atoms with E-state index in [1.165, 1.54) is 6.20 Å². The molecule has 1 saturated heterocycles. The van der Waals surface area contributed by atoms with Gasteiger partial charge in [0.05, 0.1) is 23.9 Å². The number of rotatable bonds is 3. The van der Waals surface area contributed by atoms with Gasteiger partial charge in [0.1, 0.15) is 0 Å². The number of hydrogen-bond acceptors (Lipinski definition) is 4. The number of amides is 1. The van der Waals surface area contributed by atoms with Crippen molar-refractivity contribution in [2.45, 2.75) is 12.5 Å². The number of ether oxygens (including phenoxy) is 1. The van der Waals surface area contributed by atoms with Crippen LogP contribution in [0.1, 0.15) is 16.8 Å². The molecule has 2 heterocycles. The number of primary amides is 1. The molecule has 1 aliphatic heterocycles. The Hall–Kier alpha value is -1.62. The summed E-state index contributed by atoms with van der Waals surface area (Å²) in [5.41, 5.74) is 6.38. The van der Waals surface area contributed by atoms with E-state index in [1.54, 1.807) is 12.3 Å². The Morgan fingerprint density at radius 2 is 2.47 bits per heavy atom. The van der Waals surface area contributed by atoms with Crippen molar-refractivity contribution in [3.8, 4) is 0 Å². The number of hydrogen-bond donors (Lipinski definition) is 2. The second-order valence-electron chi connectivity index (χ2n) is 3.53. The van der Waals surface area contributed by atoms with Gasteiger partial charge in [0.15, 0.2) is 0 Å². The van der Waals surface area contributed by atoms with Crippen LogP contribution in [-0.4, -0.2) is 30.1 Å². The Labute approximate surface area is 87.6 Å². The lowest BCUT2D eigenvalue weighted by Crippen LogP contribution is -2.19. The first-order valence-electron chi connectivity index (χ1n) is 4.85. The molecule has 0 radical (unpaired) electrons. The predicted octanol–water partition coefficient (Wildman–Crippen LogP) is 0.381. The average molecular weight is 207 g/mol. The van der Waals surface area contributed by atoms with E-state index in [0.717, 1.165) is 18.7 Å². The normalized spacial score (nSPS) is 20.1. The van der Waals surface area contributed by atoms with Gasteiger partial charge in [-0.15, -0.1) is 0 Å². The number of anilines is 1. The zero-order valence-corrected chi connectivity index (χ0v) is 8.27. The zero-order chi connectivity index (χ0) is 10.7. The van der Waals surface area contributed by atoms with Crippen LogP contribution in [0.25, 0.3) is 0 Å². The molecule has 15 heavy (non-hydrogen) atoms. The van der Waals surface area contributed by atoms with Crippen molar-refractivity contribution in [2.24, 2.45) is 5.73 Å². The van der Waals surface area contributed by atoms with Gasteiger partial charge in [0.2, 0.25) is 5.91 Å². The number of nitrogens with two attached hydrogens (primary N) is 1. The summed E-state index contributed by atoms with van der Waals surface area (Å²) >= 11 is 0. The first-order valence-corrected chi connectivity index (χ1v) is 4.85. The number of carbonyl (C=O) groups excluding carboxylic acids is 1. The molecule has 3 N–H and O–H groups in total. The summed E-state index contributed by atoms with van der Waals surface area (Å²) in [4.78, 5) is 14.9. The molecule has 80 valence electrons. The fraction of sp³-hybridized carbons (Fsp3) is 0.400. The van der Waals surface area contributed by atoms with Crippen LogP contribution in [0.2, 0.25) is 0 Å². The van der Waals surface area contributed by atoms with Crippen molar-refractivity contribution in [1.29, 1.82) is 0 Å². The summed E-state index contributed by atoms with van der Waals surface area (Å²) < 4.78 is 5.23. The Bertz CT molecular complexity index is 361. The summed E-state index contributed by atoms with van der Waals surface area (Å²) in [5.74, 6) is -0.464. The average Bonchev–Trinajstić information content (AvgIpc) is 2.71. The van der Waals surface area contributed by atoms with Gasteiger partial charge in [0.25, 0.3) is 0 Å². The smallest absolute Gasteiger partial charge is 0.250 e. The maximum Gasteiger partial charge on any atom is 0.250 e.